The van der Waals surface area contributed by atoms with Crippen LogP contribution in [0.2, 0.25) is 0 Å². The summed E-state index contributed by atoms with van der Waals surface area (Å²) in [6, 6.07) is 2.51. The molecule has 0 amide bonds. The zero-order chi connectivity index (χ0) is 12.4. The standard InChI is InChI=1S/C13H21N5/c1-2-14-13-15-6-3-12(17-13)16-11-9-18-7-4-10(11)5-8-18/h3,6,10-11H,2,4-5,7-9H2,1H3,(H2,14,15,16,17). The molecule has 4 heterocycles. The lowest BCUT2D eigenvalue weighted by atomic mass is 9.84. The topological polar surface area (TPSA) is 53.1 Å². The van der Waals surface area contributed by atoms with Crippen molar-refractivity contribution >= 4 is 11.8 Å². The van der Waals surface area contributed by atoms with Crippen molar-refractivity contribution in [1.82, 2.24) is 14.9 Å². The summed E-state index contributed by atoms with van der Waals surface area (Å²) in [5.41, 5.74) is 0. The second-order valence-corrected chi connectivity index (χ2v) is 5.18. The highest BCUT2D eigenvalue weighted by Crippen LogP contribution is 2.29. The molecule has 1 atom stereocenters. The lowest BCUT2D eigenvalue weighted by Crippen LogP contribution is -2.53. The molecule has 98 valence electrons. The summed E-state index contributed by atoms with van der Waals surface area (Å²) in [6.45, 7) is 6.61. The van der Waals surface area contributed by atoms with E-state index in [1.807, 2.05) is 12.3 Å². The van der Waals surface area contributed by atoms with Crippen LogP contribution in [-0.4, -0.2) is 47.1 Å². The lowest BCUT2D eigenvalue weighted by Gasteiger charge is -2.45. The van der Waals surface area contributed by atoms with Crippen LogP contribution < -0.4 is 10.6 Å². The molecule has 18 heavy (non-hydrogen) atoms. The number of rotatable bonds is 4. The van der Waals surface area contributed by atoms with Crippen molar-refractivity contribution in [3.63, 3.8) is 0 Å². The molecule has 1 aromatic heterocycles. The summed E-state index contributed by atoms with van der Waals surface area (Å²) in [4.78, 5) is 11.2. The average Bonchev–Trinajstić information content (AvgIpc) is 2.41. The van der Waals surface area contributed by atoms with Crippen LogP contribution in [-0.2, 0) is 0 Å². The van der Waals surface area contributed by atoms with Gasteiger partial charge in [-0.25, -0.2) is 4.98 Å². The number of anilines is 2. The van der Waals surface area contributed by atoms with Crippen molar-refractivity contribution in [2.24, 2.45) is 5.92 Å². The smallest absolute Gasteiger partial charge is 0.224 e. The van der Waals surface area contributed by atoms with Crippen molar-refractivity contribution < 1.29 is 0 Å². The summed E-state index contributed by atoms with van der Waals surface area (Å²) < 4.78 is 0. The lowest BCUT2D eigenvalue weighted by molar-refractivity contribution is 0.0974. The predicted molar refractivity (Wildman–Crippen MR) is 72.8 cm³/mol. The van der Waals surface area contributed by atoms with E-state index in [9.17, 15) is 0 Å². The maximum Gasteiger partial charge on any atom is 0.224 e. The Bertz CT molecular complexity index is 400. The van der Waals surface area contributed by atoms with Gasteiger partial charge in [0.05, 0.1) is 0 Å². The van der Waals surface area contributed by atoms with Crippen LogP contribution in [0.25, 0.3) is 0 Å². The Balaban J connectivity index is 1.67. The van der Waals surface area contributed by atoms with Gasteiger partial charge in [0.15, 0.2) is 0 Å². The Kier molecular flexibility index (Phi) is 3.32. The van der Waals surface area contributed by atoms with Gasteiger partial charge in [0.2, 0.25) is 5.95 Å². The Morgan fingerprint density at radius 3 is 2.89 bits per heavy atom. The van der Waals surface area contributed by atoms with Crippen molar-refractivity contribution in [1.29, 1.82) is 0 Å². The first-order valence-corrected chi connectivity index (χ1v) is 6.91. The van der Waals surface area contributed by atoms with Gasteiger partial charge in [-0.05, 0) is 44.8 Å². The normalized spacial score (nSPS) is 30.2. The third-order valence-corrected chi connectivity index (χ3v) is 3.98. The third-order valence-electron chi connectivity index (χ3n) is 3.98. The molecular formula is C13H21N5. The molecule has 5 heteroatoms. The largest absolute Gasteiger partial charge is 0.366 e. The molecule has 3 saturated heterocycles. The van der Waals surface area contributed by atoms with Gasteiger partial charge in [-0.15, -0.1) is 0 Å². The molecular weight excluding hydrogens is 226 g/mol. The summed E-state index contributed by atoms with van der Waals surface area (Å²) in [6.07, 6.45) is 4.46. The van der Waals surface area contributed by atoms with Gasteiger partial charge in [0.25, 0.3) is 0 Å². The first-order valence-electron chi connectivity index (χ1n) is 6.91. The fourth-order valence-electron chi connectivity index (χ4n) is 3.00. The maximum absolute atomic E-state index is 4.49. The van der Waals surface area contributed by atoms with Gasteiger partial charge in [-0.2, -0.15) is 4.98 Å². The number of aromatic nitrogens is 2. The van der Waals surface area contributed by atoms with Crippen LogP contribution in [0.4, 0.5) is 11.8 Å². The minimum atomic E-state index is 0.553. The highest BCUT2D eigenvalue weighted by Gasteiger charge is 2.34. The molecule has 3 aliphatic rings. The maximum atomic E-state index is 4.49. The molecule has 1 unspecified atom stereocenters. The minimum absolute atomic E-state index is 0.553. The monoisotopic (exact) mass is 247 g/mol. The van der Waals surface area contributed by atoms with E-state index in [1.54, 1.807) is 0 Å². The Labute approximate surface area is 108 Å². The first-order chi connectivity index (χ1) is 8.85. The van der Waals surface area contributed by atoms with Crippen LogP contribution in [0, 0.1) is 5.92 Å². The van der Waals surface area contributed by atoms with Gasteiger partial charge in [-0.3, -0.25) is 0 Å². The summed E-state index contributed by atoms with van der Waals surface area (Å²) in [5, 5.41) is 6.72. The van der Waals surface area contributed by atoms with Gasteiger partial charge in [0, 0.05) is 25.3 Å². The third kappa shape index (κ3) is 2.41. The second-order valence-electron chi connectivity index (χ2n) is 5.18. The molecule has 2 bridgehead atoms. The molecule has 0 aromatic carbocycles. The summed E-state index contributed by atoms with van der Waals surface area (Å²) in [7, 11) is 0. The van der Waals surface area contributed by atoms with E-state index in [-0.39, 0.29) is 0 Å². The van der Waals surface area contributed by atoms with E-state index in [0.717, 1.165) is 24.8 Å². The Morgan fingerprint density at radius 1 is 1.39 bits per heavy atom. The Hall–Kier alpha value is -1.36. The highest BCUT2D eigenvalue weighted by molar-refractivity contribution is 5.40. The molecule has 2 N–H and O–H groups in total. The number of nitrogens with zero attached hydrogens (tertiary/aromatic N) is 3. The zero-order valence-corrected chi connectivity index (χ0v) is 10.9. The van der Waals surface area contributed by atoms with E-state index < -0.39 is 0 Å². The summed E-state index contributed by atoms with van der Waals surface area (Å²) >= 11 is 0. The number of nitrogens with one attached hydrogen (secondary N) is 2. The molecule has 0 aliphatic carbocycles. The molecule has 3 fully saturated rings. The van der Waals surface area contributed by atoms with Crippen LogP contribution in [0.3, 0.4) is 0 Å². The van der Waals surface area contributed by atoms with Gasteiger partial charge < -0.3 is 15.5 Å². The first kappa shape index (κ1) is 11.7. The zero-order valence-electron chi connectivity index (χ0n) is 10.9. The minimum Gasteiger partial charge on any atom is -0.366 e. The fraction of sp³-hybridized carbons (Fsp3) is 0.692. The van der Waals surface area contributed by atoms with Crippen LogP contribution in [0.15, 0.2) is 12.3 Å². The molecule has 0 spiro atoms. The van der Waals surface area contributed by atoms with Crippen molar-refractivity contribution in [3.05, 3.63) is 12.3 Å². The number of hydrogen-bond donors (Lipinski definition) is 2. The number of hydrogen-bond acceptors (Lipinski definition) is 5. The number of piperidine rings is 3. The van der Waals surface area contributed by atoms with Crippen molar-refractivity contribution in [3.8, 4) is 0 Å². The molecule has 0 saturated carbocycles. The SMILES string of the molecule is CCNc1nccc(NC2CN3CCC2CC3)n1. The highest BCUT2D eigenvalue weighted by atomic mass is 15.2. The van der Waals surface area contributed by atoms with E-state index in [1.165, 1.54) is 25.9 Å². The predicted octanol–water partition coefficient (Wildman–Crippen LogP) is 1.41. The van der Waals surface area contributed by atoms with Gasteiger partial charge in [-0.1, -0.05) is 0 Å². The van der Waals surface area contributed by atoms with Crippen molar-refractivity contribution in [2.75, 3.05) is 36.8 Å². The Morgan fingerprint density at radius 2 is 2.22 bits per heavy atom. The van der Waals surface area contributed by atoms with Crippen LogP contribution >= 0.6 is 0 Å². The molecule has 4 rings (SSSR count). The van der Waals surface area contributed by atoms with E-state index >= 15 is 0 Å². The molecule has 1 aromatic rings. The quantitative estimate of drug-likeness (QED) is 0.842. The van der Waals surface area contributed by atoms with Gasteiger partial charge >= 0.3 is 0 Å². The number of fused-ring (bicyclic) bond motifs is 3. The molecule has 3 aliphatic heterocycles. The van der Waals surface area contributed by atoms with Crippen LogP contribution in [0.1, 0.15) is 19.8 Å². The van der Waals surface area contributed by atoms with E-state index in [4.69, 9.17) is 0 Å². The van der Waals surface area contributed by atoms with E-state index in [2.05, 4.69) is 32.4 Å². The molecule has 5 nitrogen and oxygen atoms in total. The second kappa shape index (κ2) is 5.10. The van der Waals surface area contributed by atoms with Gasteiger partial charge in [0.1, 0.15) is 5.82 Å². The molecule has 0 radical (unpaired) electrons. The average molecular weight is 247 g/mol. The summed E-state index contributed by atoms with van der Waals surface area (Å²) in [5.74, 6) is 2.47. The fourth-order valence-corrected chi connectivity index (χ4v) is 3.00. The van der Waals surface area contributed by atoms with E-state index in [0.29, 0.717) is 12.0 Å². The van der Waals surface area contributed by atoms with Crippen molar-refractivity contribution in [2.45, 2.75) is 25.8 Å². The van der Waals surface area contributed by atoms with Crippen LogP contribution in [0.5, 0.6) is 0 Å².